The van der Waals surface area contributed by atoms with Crippen LogP contribution in [0.2, 0.25) is 5.02 Å². The number of carbonyl (C=O) groups is 1. The maximum Gasteiger partial charge on any atom is 0.255 e. The molecular weight excluding hydrogens is 365 g/mol. The molecule has 1 atom stereocenters. The average Bonchev–Trinajstić information content (AvgIpc) is 2.38. The molecule has 0 bridgehead atoms. The Kier molecular flexibility index (Phi) is 5.00. The predicted molar refractivity (Wildman–Crippen MR) is 84.7 cm³/mol. The Bertz CT molecular complexity index is 522. The summed E-state index contributed by atoms with van der Waals surface area (Å²) in [5.41, 5.74) is 0.155. The summed E-state index contributed by atoms with van der Waals surface area (Å²) in [6.07, 6.45) is -0.151. The Morgan fingerprint density at radius 1 is 1.55 bits per heavy atom. The van der Waals surface area contributed by atoms with E-state index in [0.717, 1.165) is 4.47 Å². The summed E-state index contributed by atoms with van der Waals surface area (Å²) < 4.78 is 6.56. The van der Waals surface area contributed by atoms with Crippen molar-refractivity contribution in [3.05, 3.63) is 33.3 Å². The number of halogens is 3. The van der Waals surface area contributed by atoms with Gasteiger partial charge in [0.15, 0.2) is 0 Å². The molecule has 0 aromatic heterocycles. The molecule has 1 fully saturated rings. The van der Waals surface area contributed by atoms with Gasteiger partial charge < -0.3 is 9.64 Å². The van der Waals surface area contributed by atoms with Gasteiger partial charge in [0, 0.05) is 22.6 Å². The monoisotopic (exact) mass is 379 g/mol. The zero-order valence-corrected chi connectivity index (χ0v) is 14.4. The van der Waals surface area contributed by atoms with Gasteiger partial charge in [-0.2, -0.15) is 0 Å². The van der Waals surface area contributed by atoms with Crippen LogP contribution in [0.1, 0.15) is 24.2 Å². The molecule has 1 aromatic carbocycles. The molecule has 6 heteroatoms. The lowest BCUT2D eigenvalue weighted by molar-refractivity contribution is -0.117. The Hall–Kier alpha value is -0.290. The first-order valence-corrected chi connectivity index (χ1v) is 8.01. The van der Waals surface area contributed by atoms with Crippen molar-refractivity contribution in [3.63, 3.8) is 0 Å². The SMILES string of the molecule is CC1(C)CN(C(=O)c2cc(Cl)ccc2Br)CC(CCl)O1. The smallest absolute Gasteiger partial charge is 0.255 e. The summed E-state index contributed by atoms with van der Waals surface area (Å²) in [5.74, 6) is 0.301. The highest BCUT2D eigenvalue weighted by atomic mass is 79.9. The van der Waals surface area contributed by atoms with Crippen LogP contribution in [0.4, 0.5) is 0 Å². The molecule has 1 unspecified atom stereocenters. The topological polar surface area (TPSA) is 29.5 Å². The zero-order valence-electron chi connectivity index (χ0n) is 11.3. The maximum absolute atomic E-state index is 12.7. The molecule has 1 aliphatic heterocycles. The summed E-state index contributed by atoms with van der Waals surface area (Å²) >= 11 is 15.3. The van der Waals surface area contributed by atoms with Gasteiger partial charge >= 0.3 is 0 Å². The van der Waals surface area contributed by atoms with E-state index in [0.29, 0.717) is 29.6 Å². The molecule has 0 N–H and O–H groups in total. The van der Waals surface area contributed by atoms with Gasteiger partial charge in [-0.15, -0.1) is 11.6 Å². The second-order valence-corrected chi connectivity index (χ2v) is 7.06. The van der Waals surface area contributed by atoms with Crippen LogP contribution in [-0.2, 0) is 4.74 Å². The van der Waals surface area contributed by atoms with Gasteiger partial charge in [-0.3, -0.25) is 4.79 Å². The molecule has 1 amide bonds. The molecule has 110 valence electrons. The first kappa shape index (κ1) is 16.1. The number of amides is 1. The van der Waals surface area contributed by atoms with Gasteiger partial charge in [-0.1, -0.05) is 11.6 Å². The van der Waals surface area contributed by atoms with E-state index in [1.54, 1.807) is 23.1 Å². The Balaban J connectivity index is 2.25. The van der Waals surface area contributed by atoms with E-state index in [1.165, 1.54) is 0 Å². The number of ether oxygens (including phenoxy) is 1. The normalized spacial score (nSPS) is 21.9. The Labute approximate surface area is 137 Å². The van der Waals surface area contributed by atoms with Gasteiger partial charge in [0.1, 0.15) is 0 Å². The lowest BCUT2D eigenvalue weighted by Crippen LogP contribution is -2.55. The van der Waals surface area contributed by atoms with Crippen LogP contribution in [0.25, 0.3) is 0 Å². The largest absolute Gasteiger partial charge is 0.367 e. The molecule has 0 saturated carbocycles. The van der Waals surface area contributed by atoms with Gasteiger partial charge in [-0.05, 0) is 48.0 Å². The van der Waals surface area contributed by atoms with Crippen molar-refractivity contribution in [2.75, 3.05) is 19.0 Å². The summed E-state index contributed by atoms with van der Waals surface area (Å²) in [6, 6.07) is 5.19. The molecule has 1 heterocycles. The number of rotatable bonds is 2. The van der Waals surface area contributed by atoms with Gasteiger partial charge in [0.2, 0.25) is 0 Å². The first-order valence-electron chi connectivity index (χ1n) is 6.30. The number of hydrogen-bond donors (Lipinski definition) is 0. The van der Waals surface area contributed by atoms with Crippen LogP contribution in [0.3, 0.4) is 0 Å². The molecular formula is C14H16BrCl2NO2. The van der Waals surface area contributed by atoms with Crippen molar-refractivity contribution < 1.29 is 9.53 Å². The number of nitrogens with zero attached hydrogens (tertiary/aromatic N) is 1. The Morgan fingerprint density at radius 3 is 2.90 bits per heavy atom. The van der Waals surface area contributed by atoms with Gasteiger partial charge in [-0.25, -0.2) is 0 Å². The van der Waals surface area contributed by atoms with Crippen molar-refractivity contribution in [2.45, 2.75) is 25.6 Å². The van der Waals surface area contributed by atoms with Crippen LogP contribution < -0.4 is 0 Å². The summed E-state index contributed by atoms with van der Waals surface area (Å²) in [4.78, 5) is 14.4. The minimum atomic E-state index is -0.404. The fourth-order valence-corrected chi connectivity index (χ4v) is 3.11. The third-order valence-electron chi connectivity index (χ3n) is 3.10. The number of morpholine rings is 1. The lowest BCUT2D eigenvalue weighted by atomic mass is 10.0. The van der Waals surface area contributed by atoms with Gasteiger partial charge in [0.25, 0.3) is 5.91 Å². The lowest BCUT2D eigenvalue weighted by Gasteiger charge is -2.42. The van der Waals surface area contributed by atoms with Crippen LogP contribution in [0, 0.1) is 0 Å². The molecule has 1 saturated heterocycles. The van der Waals surface area contributed by atoms with Crippen LogP contribution in [0.5, 0.6) is 0 Å². The highest BCUT2D eigenvalue weighted by molar-refractivity contribution is 9.10. The van der Waals surface area contributed by atoms with E-state index in [-0.39, 0.29) is 12.0 Å². The Morgan fingerprint density at radius 2 is 2.25 bits per heavy atom. The van der Waals surface area contributed by atoms with Crippen molar-refractivity contribution in [3.8, 4) is 0 Å². The molecule has 0 aliphatic carbocycles. The van der Waals surface area contributed by atoms with Crippen molar-refractivity contribution in [1.29, 1.82) is 0 Å². The van der Waals surface area contributed by atoms with E-state index in [9.17, 15) is 4.79 Å². The number of carbonyl (C=O) groups excluding carboxylic acids is 1. The van der Waals surface area contributed by atoms with E-state index < -0.39 is 5.60 Å². The van der Waals surface area contributed by atoms with Crippen molar-refractivity contribution >= 4 is 45.0 Å². The average molecular weight is 381 g/mol. The molecule has 0 spiro atoms. The standard InChI is InChI=1S/C14H16BrCl2NO2/c1-14(2)8-18(7-10(6-16)20-14)13(19)11-5-9(17)3-4-12(11)15/h3-5,10H,6-8H2,1-2H3. The van der Waals surface area contributed by atoms with Gasteiger partial charge in [0.05, 0.1) is 23.1 Å². The zero-order chi connectivity index (χ0) is 14.9. The molecule has 0 radical (unpaired) electrons. The van der Waals surface area contributed by atoms with E-state index >= 15 is 0 Å². The third-order valence-corrected chi connectivity index (χ3v) is 4.37. The minimum Gasteiger partial charge on any atom is -0.367 e. The fraction of sp³-hybridized carbons (Fsp3) is 0.500. The predicted octanol–water partition coefficient (Wildman–Crippen LogP) is 3.96. The number of benzene rings is 1. The van der Waals surface area contributed by atoms with E-state index in [1.807, 2.05) is 13.8 Å². The molecule has 1 aromatic rings. The highest BCUT2D eigenvalue weighted by Gasteiger charge is 2.35. The number of hydrogen-bond acceptors (Lipinski definition) is 2. The third kappa shape index (κ3) is 3.67. The maximum atomic E-state index is 12.7. The van der Waals surface area contributed by atoms with Crippen molar-refractivity contribution in [1.82, 2.24) is 4.90 Å². The quantitative estimate of drug-likeness (QED) is 0.726. The van der Waals surface area contributed by atoms with Crippen LogP contribution in [0.15, 0.2) is 22.7 Å². The molecule has 3 nitrogen and oxygen atoms in total. The second-order valence-electron chi connectivity index (χ2n) is 5.46. The molecule has 1 aliphatic rings. The molecule has 2 rings (SSSR count). The summed E-state index contributed by atoms with van der Waals surface area (Å²) in [7, 11) is 0. The van der Waals surface area contributed by atoms with Crippen LogP contribution >= 0.6 is 39.1 Å². The van der Waals surface area contributed by atoms with Crippen molar-refractivity contribution in [2.24, 2.45) is 0 Å². The van der Waals surface area contributed by atoms with E-state index in [4.69, 9.17) is 27.9 Å². The van der Waals surface area contributed by atoms with E-state index in [2.05, 4.69) is 15.9 Å². The number of alkyl halides is 1. The minimum absolute atomic E-state index is 0.0640. The highest BCUT2D eigenvalue weighted by Crippen LogP contribution is 2.27. The molecule has 20 heavy (non-hydrogen) atoms. The van der Waals surface area contributed by atoms with Crippen LogP contribution in [-0.4, -0.2) is 41.5 Å². The summed E-state index contributed by atoms with van der Waals surface area (Å²) in [5, 5.41) is 0.540. The second kappa shape index (κ2) is 6.22. The summed E-state index contributed by atoms with van der Waals surface area (Å²) in [6.45, 7) is 4.93. The first-order chi connectivity index (χ1) is 9.32. The fourth-order valence-electron chi connectivity index (χ4n) is 2.36.